The molecule has 3 atom stereocenters. The second kappa shape index (κ2) is 7.38. The number of urea groups is 1. The van der Waals surface area contributed by atoms with E-state index < -0.39 is 0 Å². The average molecular weight is 313 g/mol. The van der Waals surface area contributed by atoms with Crippen molar-refractivity contribution in [3.05, 3.63) is 0 Å². The van der Waals surface area contributed by atoms with E-state index in [1.165, 1.54) is 0 Å². The number of fused-ring (bicyclic) bond motifs is 1. The molecule has 0 saturated carbocycles. The molecule has 2 heterocycles. The lowest BCUT2D eigenvalue weighted by Gasteiger charge is -2.18. The van der Waals surface area contributed by atoms with Gasteiger partial charge < -0.3 is 15.1 Å². The Bertz CT molecular complexity index is 391. The predicted octanol–water partition coefficient (Wildman–Crippen LogP) is 1.92. The summed E-state index contributed by atoms with van der Waals surface area (Å²) >= 11 is 1.96. The van der Waals surface area contributed by atoms with E-state index in [1.54, 1.807) is 0 Å². The highest BCUT2D eigenvalue weighted by Crippen LogP contribution is 2.36. The Kier molecular flexibility index (Phi) is 5.79. The number of hydrogen-bond donors (Lipinski definition) is 1. The standard InChI is InChI=1S/C15H27N3O2S/c1-4-9-17(2)13(19)8-6-5-7-12-14-11(10-21-12)18(3)15(20)16-14/h11-12,14H,4-10H2,1-3H3,(H,16,20). The molecule has 0 aromatic carbocycles. The third kappa shape index (κ3) is 3.84. The summed E-state index contributed by atoms with van der Waals surface area (Å²) < 4.78 is 0. The van der Waals surface area contributed by atoms with E-state index in [1.807, 2.05) is 35.7 Å². The molecule has 6 heteroatoms. The van der Waals surface area contributed by atoms with Crippen molar-refractivity contribution in [1.82, 2.24) is 15.1 Å². The van der Waals surface area contributed by atoms with E-state index in [-0.39, 0.29) is 11.9 Å². The molecule has 5 nitrogen and oxygen atoms in total. The molecule has 2 aliphatic heterocycles. The maximum Gasteiger partial charge on any atom is 0.317 e. The Morgan fingerprint density at radius 2 is 2.24 bits per heavy atom. The molecule has 0 aromatic heterocycles. The first-order valence-electron chi connectivity index (χ1n) is 7.93. The second-order valence-electron chi connectivity index (χ2n) is 6.09. The van der Waals surface area contributed by atoms with Crippen LogP contribution in [0.2, 0.25) is 0 Å². The SMILES string of the molecule is CCCN(C)C(=O)CCCCC1SCC2C1NC(=O)N2C. The van der Waals surface area contributed by atoms with E-state index in [0.29, 0.717) is 23.8 Å². The van der Waals surface area contributed by atoms with Crippen LogP contribution in [0.15, 0.2) is 0 Å². The Morgan fingerprint density at radius 1 is 1.48 bits per heavy atom. The smallest absolute Gasteiger partial charge is 0.317 e. The van der Waals surface area contributed by atoms with Gasteiger partial charge in [-0.05, 0) is 19.3 Å². The number of likely N-dealkylation sites (N-methyl/N-ethyl adjacent to an activating group) is 1. The van der Waals surface area contributed by atoms with Gasteiger partial charge in [0.05, 0.1) is 12.1 Å². The topological polar surface area (TPSA) is 52.7 Å². The highest BCUT2D eigenvalue weighted by atomic mass is 32.2. The minimum atomic E-state index is 0.0617. The number of nitrogens with zero attached hydrogens (tertiary/aromatic N) is 2. The van der Waals surface area contributed by atoms with E-state index in [9.17, 15) is 9.59 Å². The molecule has 3 amide bonds. The highest BCUT2D eigenvalue weighted by Gasteiger charge is 2.46. The maximum absolute atomic E-state index is 11.9. The lowest BCUT2D eigenvalue weighted by Crippen LogP contribution is -2.37. The third-order valence-electron chi connectivity index (χ3n) is 4.52. The van der Waals surface area contributed by atoms with Crippen molar-refractivity contribution < 1.29 is 9.59 Å². The van der Waals surface area contributed by atoms with Crippen LogP contribution >= 0.6 is 11.8 Å². The molecule has 3 unspecified atom stereocenters. The molecular weight excluding hydrogens is 286 g/mol. The summed E-state index contributed by atoms with van der Waals surface area (Å²) in [7, 11) is 3.76. The van der Waals surface area contributed by atoms with E-state index >= 15 is 0 Å². The van der Waals surface area contributed by atoms with Crippen molar-refractivity contribution in [2.24, 2.45) is 0 Å². The lowest BCUT2D eigenvalue weighted by atomic mass is 10.0. The zero-order valence-corrected chi connectivity index (χ0v) is 14.1. The van der Waals surface area contributed by atoms with Gasteiger partial charge in [0.25, 0.3) is 0 Å². The number of nitrogens with one attached hydrogen (secondary N) is 1. The van der Waals surface area contributed by atoms with Gasteiger partial charge in [-0.2, -0.15) is 11.8 Å². The monoisotopic (exact) mass is 313 g/mol. The van der Waals surface area contributed by atoms with Gasteiger partial charge in [0.15, 0.2) is 0 Å². The quantitative estimate of drug-likeness (QED) is 0.577. The molecule has 2 saturated heterocycles. The zero-order valence-electron chi connectivity index (χ0n) is 13.3. The fourth-order valence-electron chi connectivity index (χ4n) is 3.15. The summed E-state index contributed by atoms with van der Waals surface area (Å²) in [5, 5.41) is 3.60. The van der Waals surface area contributed by atoms with Crippen molar-refractivity contribution in [2.45, 2.75) is 56.4 Å². The number of amides is 3. The Morgan fingerprint density at radius 3 is 2.95 bits per heavy atom. The van der Waals surface area contributed by atoms with Crippen LogP contribution in [0.3, 0.4) is 0 Å². The third-order valence-corrected chi connectivity index (χ3v) is 6.01. The van der Waals surface area contributed by atoms with E-state index in [0.717, 1.165) is 38.0 Å². The van der Waals surface area contributed by atoms with Crippen LogP contribution in [-0.2, 0) is 4.79 Å². The molecule has 0 bridgehead atoms. The van der Waals surface area contributed by atoms with Crippen molar-refractivity contribution in [1.29, 1.82) is 0 Å². The van der Waals surface area contributed by atoms with Crippen LogP contribution in [0, 0.1) is 0 Å². The van der Waals surface area contributed by atoms with E-state index in [4.69, 9.17) is 0 Å². The van der Waals surface area contributed by atoms with Crippen LogP contribution in [0.25, 0.3) is 0 Å². The Labute approximate surface area is 131 Å². The number of thioether (sulfide) groups is 1. The van der Waals surface area contributed by atoms with Crippen LogP contribution in [0.5, 0.6) is 0 Å². The number of unbranched alkanes of at least 4 members (excludes halogenated alkanes) is 1. The molecule has 21 heavy (non-hydrogen) atoms. The molecule has 2 fully saturated rings. The molecule has 2 aliphatic rings. The van der Waals surface area contributed by atoms with Gasteiger partial charge >= 0.3 is 6.03 Å². The number of rotatable bonds is 7. The lowest BCUT2D eigenvalue weighted by molar-refractivity contribution is -0.130. The van der Waals surface area contributed by atoms with Crippen molar-refractivity contribution in [3.8, 4) is 0 Å². The molecule has 0 radical (unpaired) electrons. The Hall–Kier alpha value is -0.910. The number of hydrogen-bond acceptors (Lipinski definition) is 3. The summed E-state index contributed by atoms with van der Waals surface area (Å²) in [4.78, 5) is 27.2. The van der Waals surface area contributed by atoms with Gasteiger partial charge in [0.2, 0.25) is 5.91 Å². The fourth-order valence-corrected chi connectivity index (χ4v) is 4.82. The average Bonchev–Trinajstić information content (AvgIpc) is 2.97. The summed E-state index contributed by atoms with van der Waals surface area (Å²) in [6.07, 6.45) is 4.76. The first-order valence-corrected chi connectivity index (χ1v) is 8.98. The minimum absolute atomic E-state index is 0.0617. The molecule has 0 spiro atoms. The predicted molar refractivity (Wildman–Crippen MR) is 86.5 cm³/mol. The largest absolute Gasteiger partial charge is 0.346 e. The van der Waals surface area contributed by atoms with Crippen LogP contribution in [0.1, 0.15) is 39.0 Å². The summed E-state index contributed by atoms with van der Waals surface area (Å²) in [6, 6.07) is 0.711. The summed E-state index contributed by atoms with van der Waals surface area (Å²) in [6.45, 7) is 2.93. The zero-order chi connectivity index (χ0) is 15.4. The van der Waals surface area contributed by atoms with Crippen molar-refractivity contribution in [3.63, 3.8) is 0 Å². The summed E-state index contributed by atoms with van der Waals surface area (Å²) in [5.41, 5.74) is 0. The minimum Gasteiger partial charge on any atom is -0.346 e. The van der Waals surface area contributed by atoms with Gasteiger partial charge in [0.1, 0.15) is 0 Å². The molecular formula is C15H27N3O2S. The van der Waals surface area contributed by atoms with Crippen LogP contribution < -0.4 is 5.32 Å². The van der Waals surface area contributed by atoms with Gasteiger partial charge in [0, 0.05) is 38.1 Å². The molecule has 0 aromatic rings. The van der Waals surface area contributed by atoms with Crippen molar-refractivity contribution >= 4 is 23.7 Å². The first-order chi connectivity index (χ1) is 10.0. The molecule has 0 aliphatic carbocycles. The second-order valence-corrected chi connectivity index (χ2v) is 7.36. The molecule has 2 rings (SSSR count). The van der Waals surface area contributed by atoms with Gasteiger partial charge in [-0.25, -0.2) is 4.79 Å². The fraction of sp³-hybridized carbons (Fsp3) is 0.867. The van der Waals surface area contributed by atoms with Crippen molar-refractivity contribution in [2.75, 3.05) is 26.4 Å². The first kappa shape index (κ1) is 16.5. The van der Waals surface area contributed by atoms with Gasteiger partial charge in [-0.15, -0.1) is 0 Å². The summed E-state index contributed by atoms with van der Waals surface area (Å²) in [5.74, 6) is 1.28. The number of carbonyl (C=O) groups excluding carboxylic acids is 2. The number of carbonyl (C=O) groups is 2. The Balaban J connectivity index is 1.66. The van der Waals surface area contributed by atoms with Crippen LogP contribution in [-0.4, -0.2) is 65.5 Å². The van der Waals surface area contributed by atoms with Crippen LogP contribution in [0.4, 0.5) is 4.79 Å². The maximum atomic E-state index is 11.9. The van der Waals surface area contributed by atoms with Gasteiger partial charge in [-0.3, -0.25) is 4.79 Å². The normalized spacial score (nSPS) is 27.7. The molecule has 1 N–H and O–H groups in total. The van der Waals surface area contributed by atoms with E-state index in [2.05, 4.69) is 12.2 Å². The van der Waals surface area contributed by atoms with Gasteiger partial charge in [-0.1, -0.05) is 13.3 Å². The highest BCUT2D eigenvalue weighted by molar-refractivity contribution is 8.00. The molecule has 120 valence electrons.